The van der Waals surface area contributed by atoms with Gasteiger partial charge in [-0.2, -0.15) is 4.98 Å². The highest BCUT2D eigenvalue weighted by atomic mass is 35.5. The molecule has 0 unspecified atom stereocenters. The number of nitrogens with zero attached hydrogens (tertiary/aromatic N) is 2. The molecule has 2 aromatic carbocycles. The second-order valence-electron chi connectivity index (χ2n) is 4.94. The first-order valence-electron chi connectivity index (χ1n) is 7.16. The summed E-state index contributed by atoms with van der Waals surface area (Å²) in [7, 11) is 1.35. The number of aromatic nitrogens is 2. The lowest BCUT2D eigenvalue weighted by Gasteiger charge is -2.05. The van der Waals surface area contributed by atoms with E-state index in [1.165, 1.54) is 7.11 Å². The van der Waals surface area contributed by atoms with Crippen LogP contribution in [0, 0.1) is 0 Å². The van der Waals surface area contributed by atoms with E-state index in [0.717, 1.165) is 11.3 Å². The monoisotopic (exact) mass is 343 g/mol. The Morgan fingerprint density at radius 1 is 1.25 bits per heavy atom. The third-order valence-corrected chi connectivity index (χ3v) is 3.55. The Bertz CT molecular complexity index is 846. The van der Waals surface area contributed by atoms with Gasteiger partial charge in [0.05, 0.1) is 19.2 Å². The molecule has 3 aromatic rings. The lowest BCUT2D eigenvalue weighted by molar-refractivity contribution is 0.0601. The molecule has 1 N–H and O–H groups in total. The van der Waals surface area contributed by atoms with Gasteiger partial charge in [0, 0.05) is 16.3 Å². The van der Waals surface area contributed by atoms with Crippen LogP contribution in [0.5, 0.6) is 0 Å². The predicted octanol–water partition coefficient (Wildman–Crippen LogP) is 3.79. The molecule has 0 aliphatic rings. The van der Waals surface area contributed by atoms with Crippen LogP contribution in [0.25, 0.3) is 11.4 Å². The topological polar surface area (TPSA) is 77.2 Å². The predicted molar refractivity (Wildman–Crippen MR) is 89.9 cm³/mol. The molecule has 0 bridgehead atoms. The van der Waals surface area contributed by atoms with Gasteiger partial charge < -0.3 is 14.6 Å². The standard InChI is InChI=1S/C17H14ClN3O3/c1-23-17(22)12-3-2-4-14(9-12)19-10-15-20-16(21-24-15)11-5-7-13(18)8-6-11/h2-9,19H,10H2,1H3. The Morgan fingerprint density at radius 2 is 2.04 bits per heavy atom. The first-order chi connectivity index (χ1) is 11.7. The molecule has 0 fully saturated rings. The van der Waals surface area contributed by atoms with Crippen LogP contribution in [0.3, 0.4) is 0 Å². The first-order valence-corrected chi connectivity index (χ1v) is 7.54. The van der Waals surface area contributed by atoms with E-state index in [4.69, 9.17) is 20.9 Å². The Balaban J connectivity index is 1.67. The van der Waals surface area contributed by atoms with Gasteiger partial charge in [-0.15, -0.1) is 0 Å². The molecular formula is C17H14ClN3O3. The summed E-state index contributed by atoms with van der Waals surface area (Å²) in [6.45, 7) is 0.339. The average Bonchev–Trinajstić information content (AvgIpc) is 3.09. The van der Waals surface area contributed by atoms with Crippen LogP contribution in [-0.2, 0) is 11.3 Å². The van der Waals surface area contributed by atoms with Gasteiger partial charge in [-0.3, -0.25) is 0 Å². The van der Waals surface area contributed by atoms with Crippen molar-refractivity contribution in [2.45, 2.75) is 6.54 Å². The lowest BCUT2D eigenvalue weighted by Crippen LogP contribution is -2.04. The number of halogens is 1. The highest BCUT2D eigenvalue weighted by Gasteiger charge is 2.09. The van der Waals surface area contributed by atoms with Crippen LogP contribution < -0.4 is 5.32 Å². The van der Waals surface area contributed by atoms with Crippen LogP contribution in [-0.4, -0.2) is 23.2 Å². The van der Waals surface area contributed by atoms with Gasteiger partial charge >= 0.3 is 5.97 Å². The van der Waals surface area contributed by atoms with Crippen LogP contribution >= 0.6 is 11.6 Å². The van der Waals surface area contributed by atoms with Crippen LogP contribution in [0.15, 0.2) is 53.1 Å². The Morgan fingerprint density at radius 3 is 2.79 bits per heavy atom. The minimum atomic E-state index is -0.388. The van der Waals surface area contributed by atoms with Crippen LogP contribution in [0.2, 0.25) is 5.02 Å². The van der Waals surface area contributed by atoms with Gasteiger partial charge in [-0.1, -0.05) is 22.8 Å². The van der Waals surface area contributed by atoms with Crippen molar-refractivity contribution in [2.24, 2.45) is 0 Å². The molecule has 6 nitrogen and oxygen atoms in total. The number of carbonyl (C=O) groups excluding carboxylic acids is 1. The SMILES string of the molecule is COC(=O)c1cccc(NCc2nc(-c3ccc(Cl)cc3)no2)c1. The minimum absolute atomic E-state index is 0.339. The smallest absolute Gasteiger partial charge is 0.337 e. The molecule has 24 heavy (non-hydrogen) atoms. The Kier molecular flexibility index (Phi) is 4.77. The lowest BCUT2D eigenvalue weighted by atomic mass is 10.2. The van der Waals surface area contributed by atoms with Crippen molar-refractivity contribution in [3.63, 3.8) is 0 Å². The van der Waals surface area contributed by atoms with E-state index in [1.807, 2.05) is 18.2 Å². The van der Waals surface area contributed by atoms with E-state index in [2.05, 4.69) is 15.5 Å². The third kappa shape index (κ3) is 3.72. The first kappa shape index (κ1) is 16.0. The van der Waals surface area contributed by atoms with E-state index in [0.29, 0.717) is 28.8 Å². The zero-order chi connectivity index (χ0) is 16.9. The van der Waals surface area contributed by atoms with Gasteiger partial charge in [0.1, 0.15) is 0 Å². The molecule has 3 rings (SSSR count). The zero-order valence-corrected chi connectivity index (χ0v) is 13.6. The van der Waals surface area contributed by atoms with Crippen LogP contribution in [0.1, 0.15) is 16.2 Å². The summed E-state index contributed by atoms with van der Waals surface area (Å²) in [6.07, 6.45) is 0. The maximum Gasteiger partial charge on any atom is 0.337 e. The number of esters is 1. The van der Waals surface area contributed by atoms with E-state index in [1.54, 1.807) is 30.3 Å². The second kappa shape index (κ2) is 7.14. The maximum absolute atomic E-state index is 11.5. The maximum atomic E-state index is 11.5. The molecule has 0 amide bonds. The number of benzene rings is 2. The van der Waals surface area contributed by atoms with E-state index in [9.17, 15) is 4.79 Å². The number of methoxy groups -OCH3 is 1. The van der Waals surface area contributed by atoms with Crippen molar-refractivity contribution in [1.82, 2.24) is 10.1 Å². The summed E-state index contributed by atoms with van der Waals surface area (Å²) in [5.41, 5.74) is 2.04. The summed E-state index contributed by atoms with van der Waals surface area (Å²) in [5, 5.41) is 7.72. The molecule has 7 heteroatoms. The summed E-state index contributed by atoms with van der Waals surface area (Å²) in [5.74, 6) is 0.539. The summed E-state index contributed by atoms with van der Waals surface area (Å²) in [4.78, 5) is 15.8. The van der Waals surface area contributed by atoms with Gasteiger partial charge in [-0.05, 0) is 42.5 Å². The van der Waals surface area contributed by atoms with Crippen molar-refractivity contribution in [3.8, 4) is 11.4 Å². The fraction of sp³-hybridized carbons (Fsp3) is 0.118. The van der Waals surface area contributed by atoms with E-state index in [-0.39, 0.29) is 5.97 Å². The number of carbonyl (C=O) groups is 1. The molecule has 1 heterocycles. The third-order valence-electron chi connectivity index (χ3n) is 3.30. The van der Waals surface area contributed by atoms with Crippen molar-refractivity contribution in [1.29, 1.82) is 0 Å². The Hall–Kier alpha value is -2.86. The molecule has 1 aromatic heterocycles. The highest BCUT2D eigenvalue weighted by Crippen LogP contribution is 2.19. The molecular weight excluding hydrogens is 330 g/mol. The average molecular weight is 344 g/mol. The van der Waals surface area contributed by atoms with Crippen molar-refractivity contribution in [3.05, 3.63) is 65.0 Å². The molecule has 0 aliphatic heterocycles. The molecule has 0 aliphatic carbocycles. The quantitative estimate of drug-likeness (QED) is 0.710. The number of ether oxygens (including phenoxy) is 1. The summed E-state index contributed by atoms with van der Waals surface area (Å²) in [6, 6.07) is 14.2. The van der Waals surface area contributed by atoms with Crippen molar-refractivity contribution in [2.75, 3.05) is 12.4 Å². The van der Waals surface area contributed by atoms with E-state index < -0.39 is 0 Å². The minimum Gasteiger partial charge on any atom is -0.465 e. The summed E-state index contributed by atoms with van der Waals surface area (Å²) >= 11 is 5.86. The molecule has 0 radical (unpaired) electrons. The number of nitrogens with one attached hydrogen (secondary N) is 1. The largest absolute Gasteiger partial charge is 0.465 e. The summed E-state index contributed by atoms with van der Waals surface area (Å²) < 4.78 is 9.92. The van der Waals surface area contributed by atoms with Crippen molar-refractivity contribution >= 4 is 23.3 Å². The van der Waals surface area contributed by atoms with Crippen LogP contribution in [0.4, 0.5) is 5.69 Å². The second-order valence-corrected chi connectivity index (χ2v) is 5.38. The number of anilines is 1. The molecule has 0 saturated carbocycles. The van der Waals surface area contributed by atoms with Gasteiger partial charge in [0.25, 0.3) is 0 Å². The fourth-order valence-electron chi connectivity index (χ4n) is 2.09. The fourth-order valence-corrected chi connectivity index (χ4v) is 2.22. The molecule has 0 spiro atoms. The number of hydrogen-bond donors (Lipinski definition) is 1. The van der Waals surface area contributed by atoms with Gasteiger partial charge in [0.15, 0.2) is 0 Å². The normalized spacial score (nSPS) is 10.4. The molecule has 0 saturated heterocycles. The zero-order valence-electron chi connectivity index (χ0n) is 12.8. The highest BCUT2D eigenvalue weighted by molar-refractivity contribution is 6.30. The Labute approximate surface area is 143 Å². The van der Waals surface area contributed by atoms with Crippen molar-refractivity contribution < 1.29 is 14.1 Å². The van der Waals surface area contributed by atoms with Gasteiger partial charge in [-0.25, -0.2) is 4.79 Å². The number of rotatable bonds is 5. The molecule has 122 valence electrons. The van der Waals surface area contributed by atoms with Gasteiger partial charge in [0.2, 0.25) is 11.7 Å². The van der Waals surface area contributed by atoms with E-state index >= 15 is 0 Å². The molecule has 0 atom stereocenters. The number of hydrogen-bond acceptors (Lipinski definition) is 6.